The molecule has 3 saturated carbocycles. The second-order valence-corrected chi connectivity index (χ2v) is 12.5. The van der Waals surface area contributed by atoms with Gasteiger partial charge in [-0.1, -0.05) is 13.8 Å². The highest BCUT2D eigenvalue weighted by Gasteiger charge is 2.91. The fourth-order valence-electron chi connectivity index (χ4n) is 7.79. The topological polar surface area (TPSA) is 116 Å². The number of nitrogens with zero attached hydrogens (tertiary/aromatic N) is 5. The molecule has 2 N–H and O–H groups in total. The van der Waals surface area contributed by atoms with Crippen molar-refractivity contribution in [3.05, 3.63) is 42.4 Å². The summed E-state index contributed by atoms with van der Waals surface area (Å²) in [5, 5.41) is 27.5. The smallest absolute Gasteiger partial charge is 0.223 e. The zero-order valence-electron chi connectivity index (χ0n) is 22.1. The third-order valence-corrected chi connectivity index (χ3v) is 9.43. The quantitative estimate of drug-likeness (QED) is 0.499. The number of fused-ring (bicyclic) bond motifs is 1. The number of nitrogens with one attached hydrogen (secondary N) is 1. The summed E-state index contributed by atoms with van der Waals surface area (Å²) in [4.78, 5) is 19.8. The monoisotopic (exact) mass is 512 g/mol. The molecule has 1 spiro atoms. The van der Waals surface area contributed by atoms with Crippen LogP contribution >= 0.6 is 0 Å². The molecule has 4 fully saturated rings. The molecular formula is C29H32N6O3. The Balaban J connectivity index is 1.16. The molecule has 1 aliphatic heterocycles. The number of pyridine rings is 2. The second-order valence-electron chi connectivity index (χ2n) is 12.5. The van der Waals surface area contributed by atoms with Gasteiger partial charge in [0.2, 0.25) is 5.91 Å². The summed E-state index contributed by atoms with van der Waals surface area (Å²) in [6, 6.07) is 9.09. The number of piperidine rings is 2. The van der Waals surface area contributed by atoms with Crippen LogP contribution in [0.25, 0.3) is 16.6 Å². The molecule has 9 heteroatoms. The van der Waals surface area contributed by atoms with E-state index in [1.807, 2.05) is 32.2 Å². The highest BCUT2D eigenvalue weighted by atomic mass is 16.5. The average molecular weight is 513 g/mol. The lowest BCUT2D eigenvalue weighted by atomic mass is 9.21. The maximum atomic E-state index is 12.5. The molecule has 0 radical (unpaired) electrons. The van der Waals surface area contributed by atoms with Crippen molar-refractivity contribution in [1.29, 1.82) is 5.26 Å². The summed E-state index contributed by atoms with van der Waals surface area (Å²) in [6.07, 6.45) is 8.40. The first-order valence-electron chi connectivity index (χ1n) is 13.4. The van der Waals surface area contributed by atoms with Crippen molar-refractivity contribution >= 4 is 17.2 Å². The maximum absolute atomic E-state index is 12.5. The van der Waals surface area contributed by atoms with Gasteiger partial charge in [-0.15, -0.1) is 0 Å². The molecular weight excluding hydrogens is 480 g/mol. The summed E-state index contributed by atoms with van der Waals surface area (Å²) in [7, 11) is 0. The molecule has 7 rings (SSSR count). The molecule has 4 aliphatic rings. The molecule has 9 nitrogen and oxygen atoms in total. The van der Waals surface area contributed by atoms with Gasteiger partial charge in [-0.25, -0.2) is 9.50 Å². The van der Waals surface area contributed by atoms with Crippen LogP contribution in [0.1, 0.15) is 52.5 Å². The average Bonchev–Trinajstić information content (AvgIpc) is 3.25. The largest absolute Gasteiger partial charge is 0.489 e. The number of anilines is 1. The Kier molecular flexibility index (Phi) is 4.62. The van der Waals surface area contributed by atoms with Gasteiger partial charge in [-0.3, -0.25) is 4.79 Å². The van der Waals surface area contributed by atoms with E-state index in [4.69, 9.17) is 9.72 Å². The number of aliphatic hydroxyl groups is 1. The van der Waals surface area contributed by atoms with Crippen LogP contribution in [0.2, 0.25) is 0 Å². The van der Waals surface area contributed by atoms with E-state index >= 15 is 0 Å². The molecule has 4 heterocycles. The van der Waals surface area contributed by atoms with Crippen LogP contribution in [0.3, 0.4) is 0 Å². The zero-order chi connectivity index (χ0) is 26.6. The van der Waals surface area contributed by atoms with Crippen molar-refractivity contribution in [1.82, 2.24) is 19.9 Å². The lowest BCUT2D eigenvalue weighted by Gasteiger charge is -2.93. The van der Waals surface area contributed by atoms with E-state index in [0.717, 1.165) is 35.7 Å². The molecule has 1 amide bonds. The van der Waals surface area contributed by atoms with E-state index in [9.17, 15) is 15.2 Å². The zero-order valence-corrected chi connectivity index (χ0v) is 22.1. The van der Waals surface area contributed by atoms with Crippen LogP contribution in [0, 0.1) is 28.6 Å². The Morgan fingerprint density at radius 1 is 1.32 bits per heavy atom. The first kappa shape index (κ1) is 23.5. The van der Waals surface area contributed by atoms with Crippen LogP contribution in [0.15, 0.2) is 36.8 Å². The Morgan fingerprint density at radius 2 is 2.13 bits per heavy atom. The first-order valence-corrected chi connectivity index (χ1v) is 13.4. The predicted octanol–water partition coefficient (Wildman–Crippen LogP) is 3.30. The minimum Gasteiger partial charge on any atom is -0.489 e. The molecule has 0 bridgehead atoms. The van der Waals surface area contributed by atoms with E-state index in [0.29, 0.717) is 28.9 Å². The minimum absolute atomic E-state index is 0.00521. The Bertz CT molecular complexity index is 1510. The molecule has 38 heavy (non-hydrogen) atoms. The van der Waals surface area contributed by atoms with Gasteiger partial charge < -0.3 is 20.1 Å². The van der Waals surface area contributed by atoms with Crippen LogP contribution in [0.4, 0.5) is 5.82 Å². The molecule has 1 saturated heterocycles. The van der Waals surface area contributed by atoms with Gasteiger partial charge in [-0.2, -0.15) is 10.4 Å². The number of hydrogen-bond acceptors (Lipinski definition) is 7. The van der Waals surface area contributed by atoms with E-state index in [-0.39, 0.29) is 29.4 Å². The number of carbonyl (C=O) groups is 1. The predicted molar refractivity (Wildman–Crippen MR) is 140 cm³/mol. The molecule has 3 aromatic heterocycles. The standard InChI is InChI=1S/C29H32N6O3/c1-16(2)26(36)33-28-9-19-7-22-29(19,28)23(10-28)35(22)24-6-5-17(12-31-24)21-8-20(38-15-27(3,4)37)14-34-25(21)18(11-30)13-32-34/h5-6,8,12-14,16,19,22-23,37H,7,9-10,15H2,1-4H3,(H,33,36). The van der Waals surface area contributed by atoms with Crippen LogP contribution < -0.4 is 15.0 Å². The number of hydrogen-bond donors (Lipinski definition) is 2. The molecule has 5 atom stereocenters. The highest BCUT2D eigenvalue weighted by Crippen LogP contribution is 2.84. The summed E-state index contributed by atoms with van der Waals surface area (Å²) >= 11 is 0. The van der Waals surface area contributed by atoms with Crippen molar-refractivity contribution in [2.45, 2.75) is 70.2 Å². The van der Waals surface area contributed by atoms with Crippen molar-refractivity contribution in [2.75, 3.05) is 11.5 Å². The van der Waals surface area contributed by atoms with Gasteiger partial charge in [-0.05, 0) is 57.2 Å². The van der Waals surface area contributed by atoms with Gasteiger partial charge in [0.25, 0.3) is 0 Å². The molecule has 3 aliphatic carbocycles. The van der Waals surface area contributed by atoms with E-state index < -0.39 is 5.60 Å². The molecule has 5 unspecified atom stereocenters. The van der Waals surface area contributed by atoms with Crippen molar-refractivity contribution in [3.63, 3.8) is 0 Å². The highest BCUT2D eigenvalue weighted by molar-refractivity contribution is 5.85. The first-order chi connectivity index (χ1) is 18.1. The van der Waals surface area contributed by atoms with Crippen molar-refractivity contribution in [3.8, 4) is 22.9 Å². The summed E-state index contributed by atoms with van der Waals surface area (Å²) in [6.45, 7) is 7.42. The number of aromatic nitrogens is 3. The van der Waals surface area contributed by atoms with Gasteiger partial charge in [0.05, 0.1) is 34.6 Å². The second kappa shape index (κ2) is 7.48. The number of nitriles is 1. The van der Waals surface area contributed by atoms with Crippen LogP contribution in [-0.2, 0) is 4.79 Å². The van der Waals surface area contributed by atoms with Gasteiger partial charge >= 0.3 is 0 Å². The Labute approximate surface area is 221 Å². The fourth-order valence-corrected chi connectivity index (χ4v) is 7.79. The minimum atomic E-state index is -0.980. The van der Waals surface area contributed by atoms with Crippen LogP contribution in [-0.4, -0.2) is 55.4 Å². The molecule has 0 aromatic carbocycles. The van der Waals surface area contributed by atoms with E-state index in [1.165, 1.54) is 6.42 Å². The fraction of sp³-hybridized carbons (Fsp3) is 0.517. The van der Waals surface area contributed by atoms with E-state index in [1.54, 1.807) is 30.8 Å². The summed E-state index contributed by atoms with van der Waals surface area (Å²) in [5.41, 5.74) is 2.09. The Morgan fingerprint density at radius 3 is 2.76 bits per heavy atom. The van der Waals surface area contributed by atoms with Crippen molar-refractivity contribution in [2.24, 2.45) is 17.3 Å². The lowest BCUT2D eigenvalue weighted by Crippen LogP contribution is -3.03. The Hall–Kier alpha value is -3.64. The van der Waals surface area contributed by atoms with Gasteiger partial charge in [0.1, 0.15) is 24.2 Å². The van der Waals surface area contributed by atoms with Crippen molar-refractivity contribution < 1.29 is 14.6 Å². The molecule has 3 aromatic rings. The lowest BCUT2D eigenvalue weighted by molar-refractivity contribution is -0.327. The molecule has 196 valence electrons. The van der Waals surface area contributed by atoms with Gasteiger partial charge in [0, 0.05) is 40.7 Å². The third kappa shape index (κ3) is 2.87. The number of carbonyl (C=O) groups excluding carboxylic acids is 1. The normalized spacial score (nSPS) is 30.2. The number of amides is 1. The van der Waals surface area contributed by atoms with E-state index in [2.05, 4.69) is 27.5 Å². The number of ether oxygens (including phenoxy) is 1. The third-order valence-electron chi connectivity index (χ3n) is 9.43. The van der Waals surface area contributed by atoms with Crippen LogP contribution in [0.5, 0.6) is 5.75 Å². The number of rotatable bonds is 7. The SMILES string of the molecule is CC(C)C(=O)NC12CC3CC4N(c5ccc(-c6cc(OCC(C)(C)O)cn7ncc(C#N)c67)cn5)C(C1)C342. The summed E-state index contributed by atoms with van der Waals surface area (Å²) in [5.74, 6) is 2.41. The summed E-state index contributed by atoms with van der Waals surface area (Å²) < 4.78 is 7.50. The maximum Gasteiger partial charge on any atom is 0.223 e. The van der Waals surface area contributed by atoms with Gasteiger partial charge in [0.15, 0.2) is 0 Å².